The van der Waals surface area contributed by atoms with Crippen molar-refractivity contribution in [3.05, 3.63) is 0 Å². The average Bonchev–Trinajstić information content (AvgIpc) is 2.46. The van der Waals surface area contributed by atoms with Crippen LogP contribution in [0.4, 0.5) is 0 Å². The van der Waals surface area contributed by atoms with E-state index in [0.717, 1.165) is 19.6 Å². The van der Waals surface area contributed by atoms with Gasteiger partial charge in [-0.3, -0.25) is 4.90 Å². The molecule has 0 aliphatic carbocycles. The molecule has 0 aromatic carbocycles. The molecule has 0 radical (unpaired) electrons. The smallest absolute Gasteiger partial charge is 0.0831 e. The minimum absolute atomic E-state index is 0.166. The van der Waals surface area contributed by atoms with Gasteiger partial charge >= 0.3 is 0 Å². The predicted octanol–water partition coefficient (Wildman–Crippen LogP) is 0.146. The first-order chi connectivity index (χ1) is 6.79. The number of thioether (sulfide) groups is 1. The zero-order valence-corrected chi connectivity index (χ0v) is 9.59. The number of aliphatic hydroxyl groups is 1. The first-order valence-corrected chi connectivity index (χ1v) is 6.67. The molecule has 4 heteroatoms. The largest absolute Gasteiger partial charge is 0.390 e. The molecule has 1 unspecified atom stereocenters. The van der Waals surface area contributed by atoms with Crippen molar-refractivity contribution in [2.75, 3.05) is 31.1 Å². The third-order valence-corrected chi connectivity index (χ3v) is 4.31. The molecule has 2 aliphatic heterocycles. The second kappa shape index (κ2) is 4.84. The molecule has 2 saturated heterocycles. The molecule has 2 N–H and O–H groups in total. The molecule has 2 fully saturated rings. The molecule has 0 amide bonds. The highest BCUT2D eigenvalue weighted by Gasteiger charge is 2.33. The van der Waals surface area contributed by atoms with Crippen molar-refractivity contribution in [2.24, 2.45) is 0 Å². The van der Waals surface area contributed by atoms with Gasteiger partial charge in [0, 0.05) is 37.5 Å². The maximum Gasteiger partial charge on any atom is 0.0831 e. The molecule has 0 bridgehead atoms. The molecule has 2 rings (SSSR count). The number of aliphatic hydroxyl groups excluding tert-OH is 1. The van der Waals surface area contributed by atoms with Crippen LogP contribution in [-0.2, 0) is 0 Å². The van der Waals surface area contributed by atoms with E-state index >= 15 is 0 Å². The fourth-order valence-corrected chi connectivity index (χ4v) is 3.45. The first kappa shape index (κ1) is 10.7. The van der Waals surface area contributed by atoms with Crippen molar-refractivity contribution in [3.63, 3.8) is 0 Å². The molecule has 3 atom stereocenters. The topological polar surface area (TPSA) is 35.5 Å². The summed E-state index contributed by atoms with van der Waals surface area (Å²) in [4.78, 5) is 2.49. The summed E-state index contributed by atoms with van der Waals surface area (Å²) in [5, 5.41) is 13.1. The summed E-state index contributed by atoms with van der Waals surface area (Å²) in [6.45, 7) is 5.14. The van der Waals surface area contributed by atoms with Gasteiger partial charge in [-0.25, -0.2) is 0 Å². The van der Waals surface area contributed by atoms with Crippen LogP contribution in [0.15, 0.2) is 0 Å². The Balaban J connectivity index is 1.99. The molecule has 0 spiro atoms. The lowest BCUT2D eigenvalue weighted by atomic mass is 10.1. The van der Waals surface area contributed by atoms with Gasteiger partial charge in [0.05, 0.1) is 6.10 Å². The first-order valence-electron chi connectivity index (χ1n) is 5.51. The van der Waals surface area contributed by atoms with Crippen LogP contribution in [0.3, 0.4) is 0 Å². The Bertz CT molecular complexity index is 191. The van der Waals surface area contributed by atoms with E-state index in [9.17, 15) is 5.11 Å². The van der Waals surface area contributed by atoms with Crippen molar-refractivity contribution >= 4 is 11.8 Å². The lowest BCUT2D eigenvalue weighted by molar-refractivity contribution is 0.0635. The Hall–Kier alpha value is 0.230. The van der Waals surface area contributed by atoms with E-state index < -0.39 is 0 Å². The highest BCUT2D eigenvalue weighted by molar-refractivity contribution is 7.99. The standard InChI is InChI=1S/C10H20N2OS/c1-8-2-4-14-5-3-12(8)9-6-11-7-10(9)13/h8-11,13H,2-7H2,1H3/t8?,9-,10-/m1/s1. The number of hydrogen-bond acceptors (Lipinski definition) is 4. The van der Waals surface area contributed by atoms with Crippen LogP contribution in [0.1, 0.15) is 13.3 Å². The summed E-state index contributed by atoms with van der Waals surface area (Å²) >= 11 is 2.04. The Labute approximate surface area is 90.2 Å². The Morgan fingerprint density at radius 1 is 1.36 bits per heavy atom. The van der Waals surface area contributed by atoms with Gasteiger partial charge in [0.1, 0.15) is 0 Å². The van der Waals surface area contributed by atoms with Crippen molar-refractivity contribution in [1.82, 2.24) is 10.2 Å². The molecule has 2 heterocycles. The van der Waals surface area contributed by atoms with Crippen LogP contribution < -0.4 is 5.32 Å². The highest BCUT2D eigenvalue weighted by atomic mass is 32.2. The molecule has 3 nitrogen and oxygen atoms in total. The van der Waals surface area contributed by atoms with Crippen LogP contribution in [0, 0.1) is 0 Å². The van der Waals surface area contributed by atoms with E-state index in [0.29, 0.717) is 12.1 Å². The molecule has 0 saturated carbocycles. The second-order valence-corrected chi connectivity index (χ2v) is 5.51. The molecule has 0 aromatic heterocycles. The van der Waals surface area contributed by atoms with Crippen molar-refractivity contribution in [3.8, 4) is 0 Å². The number of nitrogens with zero attached hydrogens (tertiary/aromatic N) is 1. The highest BCUT2D eigenvalue weighted by Crippen LogP contribution is 2.21. The average molecular weight is 216 g/mol. The van der Waals surface area contributed by atoms with Gasteiger partial charge in [-0.2, -0.15) is 11.8 Å². The Morgan fingerprint density at radius 2 is 2.21 bits per heavy atom. The van der Waals surface area contributed by atoms with Gasteiger partial charge in [0.15, 0.2) is 0 Å². The maximum atomic E-state index is 9.84. The summed E-state index contributed by atoms with van der Waals surface area (Å²) in [6.07, 6.45) is 1.09. The fourth-order valence-electron chi connectivity index (χ4n) is 2.39. The zero-order valence-electron chi connectivity index (χ0n) is 8.78. The number of nitrogens with one attached hydrogen (secondary N) is 1. The van der Waals surface area contributed by atoms with E-state index in [1.54, 1.807) is 0 Å². The molecule has 14 heavy (non-hydrogen) atoms. The van der Waals surface area contributed by atoms with Crippen molar-refractivity contribution in [2.45, 2.75) is 31.5 Å². The van der Waals surface area contributed by atoms with E-state index in [2.05, 4.69) is 17.1 Å². The monoisotopic (exact) mass is 216 g/mol. The number of rotatable bonds is 1. The van der Waals surface area contributed by atoms with E-state index in [1.807, 2.05) is 11.8 Å². The summed E-state index contributed by atoms with van der Waals surface area (Å²) in [7, 11) is 0. The summed E-state index contributed by atoms with van der Waals surface area (Å²) in [5.41, 5.74) is 0. The van der Waals surface area contributed by atoms with Crippen molar-refractivity contribution in [1.29, 1.82) is 0 Å². The predicted molar refractivity (Wildman–Crippen MR) is 60.8 cm³/mol. The van der Waals surface area contributed by atoms with Crippen molar-refractivity contribution < 1.29 is 5.11 Å². The summed E-state index contributed by atoms with van der Waals surface area (Å²) in [6, 6.07) is 0.980. The maximum absolute atomic E-state index is 9.84. The third kappa shape index (κ3) is 2.24. The summed E-state index contributed by atoms with van der Waals surface area (Å²) < 4.78 is 0. The summed E-state index contributed by atoms with van der Waals surface area (Å²) in [5.74, 6) is 2.49. The van der Waals surface area contributed by atoms with Gasteiger partial charge in [-0.15, -0.1) is 0 Å². The fraction of sp³-hybridized carbons (Fsp3) is 1.00. The zero-order chi connectivity index (χ0) is 9.97. The second-order valence-electron chi connectivity index (χ2n) is 4.28. The molecular formula is C10H20N2OS. The van der Waals surface area contributed by atoms with Crippen LogP contribution in [0.5, 0.6) is 0 Å². The van der Waals surface area contributed by atoms with Gasteiger partial charge < -0.3 is 10.4 Å². The van der Waals surface area contributed by atoms with E-state index in [4.69, 9.17) is 0 Å². The van der Waals surface area contributed by atoms with E-state index in [1.165, 1.54) is 17.9 Å². The number of hydrogen-bond donors (Lipinski definition) is 2. The van der Waals surface area contributed by atoms with Gasteiger partial charge in [0.2, 0.25) is 0 Å². The lowest BCUT2D eigenvalue weighted by Crippen LogP contribution is -2.48. The molecular weight excluding hydrogens is 196 g/mol. The Kier molecular flexibility index (Phi) is 3.71. The van der Waals surface area contributed by atoms with Gasteiger partial charge in [-0.1, -0.05) is 0 Å². The molecule has 2 aliphatic rings. The SMILES string of the molecule is CC1CCSCCN1[C@@H]1CNC[C@H]1O. The normalized spacial score (nSPS) is 41.1. The lowest BCUT2D eigenvalue weighted by Gasteiger charge is -2.33. The quantitative estimate of drug-likeness (QED) is 0.654. The minimum atomic E-state index is -0.166. The van der Waals surface area contributed by atoms with E-state index in [-0.39, 0.29) is 6.10 Å². The van der Waals surface area contributed by atoms with Crippen LogP contribution in [0.25, 0.3) is 0 Å². The van der Waals surface area contributed by atoms with Gasteiger partial charge in [0.25, 0.3) is 0 Å². The third-order valence-electron chi connectivity index (χ3n) is 3.32. The Morgan fingerprint density at radius 3 is 2.93 bits per heavy atom. The number of β-amino-alcohol motifs (C(OH)–C–C–N with tert-alkyl or cyclic N) is 1. The van der Waals surface area contributed by atoms with Crippen LogP contribution in [0.2, 0.25) is 0 Å². The van der Waals surface area contributed by atoms with Crippen LogP contribution in [-0.4, -0.2) is 59.3 Å². The minimum Gasteiger partial charge on any atom is -0.390 e. The molecule has 82 valence electrons. The molecule has 0 aromatic rings. The van der Waals surface area contributed by atoms with Gasteiger partial charge in [-0.05, 0) is 19.1 Å². The van der Waals surface area contributed by atoms with Crippen LogP contribution >= 0.6 is 11.8 Å².